The lowest BCUT2D eigenvalue weighted by Gasteiger charge is -2.10. The quantitative estimate of drug-likeness (QED) is 0.873. The van der Waals surface area contributed by atoms with Crippen LogP contribution in [-0.2, 0) is 22.6 Å². The van der Waals surface area contributed by atoms with Crippen molar-refractivity contribution >= 4 is 9.84 Å². The van der Waals surface area contributed by atoms with Crippen molar-refractivity contribution in [3.05, 3.63) is 57.5 Å². The maximum atomic E-state index is 11.7. The monoisotopic (exact) mass is 305 g/mol. The number of aromatic nitrogens is 1. The molecule has 0 unspecified atom stereocenters. The Kier molecular flexibility index (Phi) is 4.05. The van der Waals surface area contributed by atoms with Gasteiger partial charge in [0.25, 0.3) is 5.56 Å². The molecule has 0 aliphatic carbocycles. The highest BCUT2D eigenvalue weighted by atomic mass is 32.2. The minimum Gasteiger partial charge on any atom is -0.318 e. The Morgan fingerprint density at radius 2 is 1.71 bits per heavy atom. The molecule has 0 amide bonds. The summed E-state index contributed by atoms with van der Waals surface area (Å²) >= 11 is 0. The van der Waals surface area contributed by atoms with E-state index >= 15 is 0 Å². The van der Waals surface area contributed by atoms with Crippen LogP contribution in [0.4, 0.5) is 0 Å². The molecule has 0 aliphatic rings. The van der Waals surface area contributed by atoms with Gasteiger partial charge in [0.15, 0.2) is 9.84 Å². The van der Waals surface area contributed by atoms with Gasteiger partial charge in [-0.1, -0.05) is 12.1 Å². The third-order valence-electron chi connectivity index (χ3n) is 3.46. The zero-order valence-corrected chi connectivity index (χ0v) is 13.5. The molecule has 0 saturated heterocycles. The molecule has 1 aromatic carbocycles. The van der Waals surface area contributed by atoms with E-state index in [1.165, 1.54) is 6.26 Å². The molecule has 2 aromatic rings. The second kappa shape index (κ2) is 5.48. The van der Waals surface area contributed by atoms with Gasteiger partial charge < -0.3 is 4.57 Å². The number of pyridine rings is 1. The third-order valence-corrected chi connectivity index (χ3v) is 4.30. The lowest BCUT2D eigenvalue weighted by Crippen LogP contribution is -2.18. The molecule has 112 valence electrons. The smallest absolute Gasteiger partial charge is 0.253 e. The molecule has 0 saturated carbocycles. The van der Waals surface area contributed by atoms with E-state index in [9.17, 15) is 13.2 Å². The van der Waals surface area contributed by atoms with Gasteiger partial charge in [0.2, 0.25) is 0 Å². The number of hydrogen-bond acceptors (Lipinski definition) is 3. The Balaban J connectivity index is 2.56. The minimum absolute atomic E-state index is 0.0252. The van der Waals surface area contributed by atoms with Crippen LogP contribution in [0.5, 0.6) is 0 Å². The van der Waals surface area contributed by atoms with Crippen LogP contribution in [0.2, 0.25) is 0 Å². The van der Waals surface area contributed by atoms with Crippen LogP contribution in [0, 0.1) is 13.8 Å². The van der Waals surface area contributed by atoms with E-state index in [1.54, 1.807) is 24.7 Å². The van der Waals surface area contributed by atoms with E-state index < -0.39 is 9.84 Å². The second-order valence-corrected chi connectivity index (χ2v) is 7.68. The summed E-state index contributed by atoms with van der Waals surface area (Å²) in [5.41, 5.74) is 4.21. The van der Waals surface area contributed by atoms with Crippen molar-refractivity contribution in [1.82, 2.24) is 4.57 Å². The maximum Gasteiger partial charge on any atom is 0.253 e. The minimum atomic E-state index is -3.08. The van der Waals surface area contributed by atoms with E-state index in [4.69, 9.17) is 0 Å². The molecule has 0 fully saturated rings. The van der Waals surface area contributed by atoms with E-state index in [0.717, 1.165) is 22.3 Å². The standard InChI is InChI=1S/C16H19NO3S/c1-11-5-6-13(8-15(11)10-21(4,19)20)14-7-12(2)16(18)17(3)9-14/h5-9H,10H2,1-4H3. The Morgan fingerprint density at radius 3 is 2.29 bits per heavy atom. The summed E-state index contributed by atoms with van der Waals surface area (Å²) in [6.07, 6.45) is 3.00. The molecule has 0 atom stereocenters. The molecule has 21 heavy (non-hydrogen) atoms. The van der Waals surface area contributed by atoms with Crippen molar-refractivity contribution in [3.63, 3.8) is 0 Å². The molecule has 5 heteroatoms. The van der Waals surface area contributed by atoms with Gasteiger partial charge in [-0.15, -0.1) is 0 Å². The molecule has 0 bridgehead atoms. The summed E-state index contributed by atoms with van der Waals surface area (Å²) < 4.78 is 24.6. The zero-order chi connectivity index (χ0) is 15.8. The number of aryl methyl sites for hydroxylation is 3. The highest BCUT2D eigenvalue weighted by molar-refractivity contribution is 7.89. The molecule has 1 heterocycles. The number of rotatable bonds is 3. The van der Waals surface area contributed by atoms with Gasteiger partial charge >= 0.3 is 0 Å². The van der Waals surface area contributed by atoms with Crippen LogP contribution in [-0.4, -0.2) is 19.2 Å². The molecule has 4 nitrogen and oxygen atoms in total. The first-order chi connectivity index (χ1) is 9.67. The average Bonchev–Trinajstić information content (AvgIpc) is 2.36. The number of hydrogen-bond donors (Lipinski definition) is 0. The fraction of sp³-hybridized carbons (Fsp3) is 0.312. The van der Waals surface area contributed by atoms with Crippen molar-refractivity contribution in [1.29, 1.82) is 0 Å². The summed E-state index contributed by atoms with van der Waals surface area (Å²) in [6, 6.07) is 7.57. The van der Waals surface area contributed by atoms with Crippen LogP contribution < -0.4 is 5.56 Å². The van der Waals surface area contributed by atoms with Gasteiger partial charge in [-0.2, -0.15) is 0 Å². The average molecular weight is 305 g/mol. The van der Waals surface area contributed by atoms with Crippen LogP contribution in [0.25, 0.3) is 11.1 Å². The van der Waals surface area contributed by atoms with Crippen molar-refractivity contribution in [2.75, 3.05) is 6.26 Å². The summed E-state index contributed by atoms with van der Waals surface area (Å²) in [7, 11) is -1.36. The number of sulfone groups is 1. The highest BCUT2D eigenvalue weighted by Gasteiger charge is 2.10. The van der Waals surface area contributed by atoms with Crippen LogP contribution in [0.3, 0.4) is 0 Å². The molecule has 2 rings (SSSR count). The lowest BCUT2D eigenvalue weighted by molar-refractivity contribution is 0.601. The van der Waals surface area contributed by atoms with Crippen LogP contribution in [0.15, 0.2) is 35.3 Å². The third kappa shape index (κ3) is 3.61. The zero-order valence-electron chi connectivity index (χ0n) is 12.7. The fourth-order valence-electron chi connectivity index (χ4n) is 2.32. The normalized spacial score (nSPS) is 11.6. The molecule has 0 spiro atoms. The van der Waals surface area contributed by atoms with Crippen LogP contribution >= 0.6 is 0 Å². The van der Waals surface area contributed by atoms with Crippen molar-refractivity contribution < 1.29 is 8.42 Å². The Morgan fingerprint density at radius 1 is 1.05 bits per heavy atom. The Bertz CT molecular complexity index is 822. The van der Waals surface area contributed by atoms with Gasteiger partial charge in [0.1, 0.15) is 0 Å². The summed E-state index contributed by atoms with van der Waals surface area (Å²) in [6.45, 7) is 3.67. The highest BCUT2D eigenvalue weighted by Crippen LogP contribution is 2.23. The lowest BCUT2D eigenvalue weighted by atomic mass is 10.0. The molecule has 0 aliphatic heterocycles. The summed E-state index contributed by atoms with van der Waals surface area (Å²) in [5, 5.41) is 0. The first kappa shape index (κ1) is 15.5. The van der Waals surface area contributed by atoms with Gasteiger partial charge in [-0.25, -0.2) is 8.42 Å². The van der Waals surface area contributed by atoms with E-state index in [2.05, 4.69) is 0 Å². The van der Waals surface area contributed by atoms with Gasteiger partial charge in [-0.3, -0.25) is 4.79 Å². The van der Waals surface area contributed by atoms with Crippen LogP contribution in [0.1, 0.15) is 16.7 Å². The van der Waals surface area contributed by atoms with Gasteiger partial charge in [0, 0.05) is 25.1 Å². The second-order valence-electron chi connectivity index (χ2n) is 5.54. The number of nitrogens with zero attached hydrogens (tertiary/aromatic N) is 1. The maximum absolute atomic E-state index is 11.7. The fourth-order valence-corrected chi connectivity index (χ4v) is 3.20. The predicted octanol–water partition coefficient (Wildman–Crippen LogP) is 2.21. The van der Waals surface area contributed by atoms with Crippen molar-refractivity contribution in [2.24, 2.45) is 7.05 Å². The largest absolute Gasteiger partial charge is 0.318 e. The van der Waals surface area contributed by atoms with E-state index in [0.29, 0.717) is 5.56 Å². The van der Waals surface area contributed by atoms with Crippen molar-refractivity contribution in [3.8, 4) is 11.1 Å². The predicted molar refractivity (Wildman–Crippen MR) is 85.1 cm³/mol. The summed E-state index contributed by atoms with van der Waals surface area (Å²) in [4.78, 5) is 11.7. The van der Waals surface area contributed by atoms with E-state index in [-0.39, 0.29) is 11.3 Å². The molecule has 0 N–H and O–H groups in total. The Hall–Kier alpha value is -1.88. The SMILES string of the molecule is Cc1ccc(-c2cc(C)c(=O)n(C)c2)cc1CS(C)(=O)=O. The topological polar surface area (TPSA) is 56.1 Å². The van der Waals surface area contributed by atoms with Gasteiger partial charge in [0.05, 0.1) is 5.75 Å². The van der Waals surface area contributed by atoms with Gasteiger partial charge in [-0.05, 0) is 48.2 Å². The Labute approximate surface area is 125 Å². The van der Waals surface area contributed by atoms with E-state index in [1.807, 2.05) is 31.2 Å². The molecule has 1 aromatic heterocycles. The number of benzene rings is 1. The molecular weight excluding hydrogens is 286 g/mol. The first-order valence-corrected chi connectivity index (χ1v) is 8.68. The van der Waals surface area contributed by atoms with Crippen molar-refractivity contribution in [2.45, 2.75) is 19.6 Å². The first-order valence-electron chi connectivity index (χ1n) is 6.62. The molecule has 0 radical (unpaired) electrons. The molecular formula is C16H19NO3S. The summed E-state index contributed by atoms with van der Waals surface area (Å²) in [5.74, 6) is 0.0252.